The van der Waals surface area contributed by atoms with Gasteiger partial charge in [0.2, 0.25) is 5.95 Å². The molecule has 0 aliphatic carbocycles. The van der Waals surface area contributed by atoms with Gasteiger partial charge >= 0.3 is 0 Å². The van der Waals surface area contributed by atoms with Crippen LogP contribution in [-0.4, -0.2) is 29.1 Å². The van der Waals surface area contributed by atoms with Crippen molar-refractivity contribution in [3.8, 4) is 0 Å². The molecule has 0 saturated carbocycles. The molecule has 1 aliphatic heterocycles. The van der Waals surface area contributed by atoms with Crippen molar-refractivity contribution in [1.29, 1.82) is 0 Å². The lowest BCUT2D eigenvalue weighted by Crippen LogP contribution is -2.33. The quantitative estimate of drug-likeness (QED) is 0.495. The average Bonchev–Trinajstić information content (AvgIpc) is 3.09. The summed E-state index contributed by atoms with van der Waals surface area (Å²) in [6.45, 7) is 15.2. The Balaban J connectivity index is 2.03. The molecule has 5 heteroatoms. The highest BCUT2D eigenvalue weighted by molar-refractivity contribution is 9.10. The Kier molecular flexibility index (Phi) is 6.64. The van der Waals surface area contributed by atoms with Crippen LogP contribution < -0.4 is 9.80 Å². The Hall–Kier alpha value is -1.62. The molecule has 0 amide bonds. The molecule has 0 radical (unpaired) electrons. The van der Waals surface area contributed by atoms with Gasteiger partial charge in [-0.15, -0.1) is 0 Å². The first-order valence-corrected chi connectivity index (χ1v) is 11.4. The average molecular weight is 445 g/mol. The van der Waals surface area contributed by atoms with Crippen molar-refractivity contribution in [3.63, 3.8) is 0 Å². The summed E-state index contributed by atoms with van der Waals surface area (Å²) in [5.41, 5.74) is 4.89. The summed E-state index contributed by atoms with van der Waals surface area (Å²) in [5.74, 6) is 2.45. The Labute approximate surface area is 178 Å². The third-order valence-electron chi connectivity index (χ3n) is 5.93. The molecule has 0 atom stereocenters. The zero-order valence-corrected chi connectivity index (χ0v) is 19.7. The molecular weight excluding hydrogens is 412 g/mol. The van der Waals surface area contributed by atoms with Crippen LogP contribution in [0.15, 0.2) is 22.7 Å². The van der Waals surface area contributed by atoms with Gasteiger partial charge in [0, 0.05) is 34.9 Å². The van der Waals surface area contributed by atoms with Crippen molar-refractivity contribution in [2.75, 3.05) is 22.9 Å². The van der Waals surface area contributed by atoms with E-state index in [4.69, 9.17) is 9.97 Å². The van der Waals surface area contributed by atoms with Crippen LogP contribution in [-0.2, 0) is 6.42 Å². The molecule has 0 spiro atoms. The highest BCUT2D eigenvalue weighted by atomic mass is 79.9. The number of hydrogen-bond donors (Lipinski definition) is 0. The fourth-order valence-corrected chi connectivity index (χ4v) is 4.77. The maximum absolute atomic E-state index is 5.08. The molecule has 1 aliphatic rings. The van der Waals surface area contributed by atoms with Gasteiger partial charge in [-0.05, 0) is 72.7 Å². The topological polar surface area (TPSA) is 32.3 Å². The molecule has 4 nitrogen and oxygen atoms in total. The summed E-state index contributed by atoms with van der Waals surface area (Å²) < 4.78 is 1.10. The van der Waals surface area contributed by atoms with Gasteiger partial charge in [0.05, 0.1) is 5.69 Å². The highest BCUT2D eigenvalue weighted by Gasteiger charge is 2.29. The Morgan fingerprint density at radius 1 is 1.14 bits per heavy atom. The van der Waals surface area contributed by atoms with Crippen molar-refractivity contribution >= 4 is 33.4 Å². The summed E-state index contributed by atoms with van der Waals surface area (Å²) in [6, 6.07) is 7.17. The lowest BCUT2D eigenvalue weighted by molar-refractivity contribution is 0.567. The molecule has 2 aromatic rings. The van der Waals surface area contributed by atoms with Crippen molar-refractivity contribution in [1.82, 2.24) is 9.97 Å². The number of aryl methyl sites for hydroxylation is 1. The molecule has 0 saturated heterocycles. The van der Waals surface area contributed by atoms with Crippen LogP contribution in [0.2, 0.25) is 0 Å². The lowest BCUT2D eigenvalue weighted by Gasteiger charge is -2.29. The SMILES string of the molecule is CCC(CC)N1CCc2c(C)nc(N(CC)c3ccc(C(C)C)cc3Br)nc21. The maximum atomic E-state index is 5.08. The van der Waals surface area contributed by atoms with Crippen LogP contribution in [0.5, 0.6) is 0 Å². The van der Waals surface area contributed by atoms with Crippen LogP contribution >= 0.6 is 15.9 Å². The third-order valence-corrected chi connectivity index (χ3v) is 6.56. The zero-order valence-electron chi connectivity index (χ0n) is 18.1. The number of nitrogens with zero attached hydrogens (tertiary/aromatic N) is 4. The van der Waals surface area contributed by atoms with E-state index in [1.165, 1.54) is 11.1 Å². The van der Waals surface area contributed by atoms with Crippen molar-refractivity contribution < 1.29 is 0 Å². The van der Waals surface area contributed by atoms with Crippen molar-refractivity contribution in [3.05, 3.63) is 39.5 Å². The molecule has 0 fully saturated rings. The van der Waals surface area contributed by atoms with E-state index in [0.717, 1.165) is 60.0 Å². The third kappa shape index (κ3) is 3.91. The predicted molar refractivity (Wildman–Crippen MR) is 123 cm³/mol. The molecule has 1 aromatic heterocycles. The smallest absolute Gasteiger partial charge is 0.232 e. The largest absolute Gasteiger partial charge is 0.353 e. The first-order valence-electron chi connectivity index (χ1n) is 10.6. The summed E-state index contributed by atoms with van der Waals surface area (Å²) in [5, 5.41) is 0. The summed E-state index contributed by atoms with van der Waals surface area (Å²) in [4.78, 5) is 14.7. The molecule has 2 heterocycles. The van der Waals surface area contributed by atoms with Crippen LogP contribution in [0.25, 0.3) is 0 Å². The molecular formula is C23H33BrN4. The van der Waals surface area contributed by atoms with E-state index in [2.05, 4.69) is 85.5 Å². The summed E-state index contributed by atoms with van der Waals surface area (Å²) in [7, 11) is 0. The minimum atomic E-state index is 0.507. The zero-order chi connectivity index (χ0) is 20.4. The first-order chi connectivity index (χ1) is 13.4. The second-order valence-electron chi connectivity index (χ2n) is 7.93. The molecule has 0 bridgehead atoms. The molecule has 0 N–H and O–H groups in total. The Morgan fingerprint density at radius 3 is 2.43 bits per heavy atom. The monoisotopic (exact) mass is 444 g/mol. The number of rotatable bonds is 7. The van der Waals surface area contributed by atoms with E-state index in [1.807, 2.05) is 0 Å². The Morgan fingerprint density at radius 2 is 1.86 bits per heavy atom. The van der Waals surface area contributed by atoms with Crippen molar-refractivity contribution in [2.24, 2.45) is 0 Å². The van der Waals surface area contributed by atoms with E-state index < -0.39 is 0 Å². The molecule has 28 heavy (non-hydrogen) atoms. The van der Waals surface area contributed by atoms with E-state index in [9.17, 15) is 0 Å². The number of halogens is 1. The second-order valence-corrected chi connectivity index (χ2v) is 8.79. The van der Waals surface area contributed by atoms with Gasteiger partial charge in [-0.2, -0.15) is 4.98 Å². The summed E-state index contributed by atoms with van der Waals surface area (Å²) >= 11 is 3.78. The van der Waals surface area contributed by atoms with E-state index in [-0.39, 0.29) is 0 Å². The van der Waals surface area contributed by atoms with Gasteiger partial charge in [-0.3, -0.25) is 0 Å². The van der Waals surface area contributed by atoms with Crippen LogP contribution in [0, 0.1) is 6.92 Å². The molecule has 0 unspecified atom stereocenters. The number of aromatic nitrogens is 2. The van der Waals surface area contributed by atoms with Gasteiger partial charge in [0.15, 0.2) is 0 Å². The van der Waals surface area contributed by atoms with Gasteiger partial charge in [-0.1, -0.05) is 33.8 Å². The molecule has 152 valence electrons. The second kappa shape index (κ2) is 8.81. The van der Waals surface area contributed by atoms with E-state index in [1.54, 1.807) is 0 Å². The van der Waals surface area contributed by atoms with Crippen LogP contribution in [0.4, 0.5) is 17.5 Å². The molecule has 3 rings (SSSR count). The van der Waals surface area contributed by atoms with E-state index >= 15 is 0 Å². The Bertz CT molecular complexity index is 830. The van der Waals surface area contributed by atoms with Crippen LogP contribution in [0.3, 0.4) is 0 Å². The molecule has 1 aromatic carbocycles. The normalized spacial score (nSPS) is 13.5. The predicted octanol–water partition coefficient (Wildman–Crippen LogP) is 6.38. The summed E-state index contributed by atoms with van der Waals surface area (Å²) in [6.07, 6.45) is 3.35. The van der Waals surface area contributed by atoms with Crippen molar-refractivity contribution in [2.45, 2.75) is 72.8 Å². The fourth-order valence-electron chi connectivity index (χ4n) is 4.16. The van der Waals surface area contributed by atoms with Gasteiger partial charge in [0.1, 0.15) is 5.82 Å². The standard InChI is InChI=1S/C23H33BrN4/c1-7-18(8-2)28-13-12-19-16(6)25-23(26-22(19)28)27(9-3)21-11-10-17(15(4)5)14-20(21)24/h10-11,14-15,18H,7-9,12-13H2,1-6H3. The lowest BCUT2D eigenvalue weighted by atomic mass is 10.0. The van der Waals surface area contributed by atoms with Gasteiger partial charge in [0.25, 0.3) is 0 Å². The van der Waals surface area contributed by atoms with Gasteiger partial charge < -0.3 is 9.80 Å². The highest BCUT2D eigenvalue weighted by Crippen LogP contribution is 2.37. The minimum Gasteiger partial charge on any atom is -0.353 e. The first kappa shape index (κ1) is 21.1. The number of benzene rings is 1. The number of anilines is 3. The maximum Gasteiger partial charge on any atom is 0.232 e. The number of fused-ring (bicyclic) bond motifs is 1. The minimum absolute atomic E-state index is 0.507. The van der Waals surface area contributed by atoms with Crippen LogP contribution in [0.1, 0.15) is 70.2 Å². The van der Waals surface area contributed by atoms with Gasteiger partial charge in [-0.25, -0.2) is 4.98 Å². The fraction of sp³-hybridized carbons (Fsp3) is 0.565. The number of hydrogen-bond acceptors (Lipinski definition) is 4. The van der Waals surface area contributed by atoms with E-state index in [0.29, 0.717) is 12.0 Å².